The van der Waals surface area contributed by atoms with E-state index in [9.17, 15) is 9.59 Å². The van der Waals surface area contributed by atoms with Crippen LogP contribution in [0.2, 0.25) is 0 Å². The van der Waals surface area contributed by atoms with Gasteiger partial charge in [-0.05, 0) is 24.3 Å². The number of carbonyl (C=O) groups is 2. The van der Waals surface area contributed by atoms with Crippen LogP contribution in [0.3, 0.4) is 0 Å². The van der Waals surface area contributed by atoms with Crippen molar-refractivity contribution in [3.05, 3.63) is 54.2 Å². The summed E-state index contributed by atoms with van der Waals surface area (Å²) < 4.78 is 4.82. The van der Waals surface area contributed by atoms with Crippen LogP contribution in [0.15, 0.2) is 53.8 Å². The van der Waals surface area contributed by atoms with Crippen LogP contribution in [-0.4, -0.2) is 54.3 Å². The van der Waals surface area contributed by atoms with E-state index in [1.807, 2.05) is 30.3 Å². The van der Waals surface area contributed by atoms with E-state index in [1.165, 1.54) is 19.1 Å². The number of hydrogen-bond donors (Lipinski definition) is 0. The minimum absolute atomic E-state index is 0.231. The van der Waals surface area contributed by atoms with Gasteiger partial charge in [-0.3, -0.25) is 9.78 Å². The number of ether oxygens (including phenoxy) is 1. The molecule has 2 aromatic rings. The van der Waals surface area contributed by atoms with Gasteiger partial charge in [-0.1, -0.05) is 23.4 Å². The Morgan fingerprint density at radius 2 is 1.92 bits per heavy atom. The summed E-state index contributed by atoms with van der Waals surface area (Å²) in [5.41, 5.74) is 2.85. The zero-order valence-electron chi connectivity index (χ0n) is 14.6. The summed E-state index contributed by atoms with van der Waals surface area (Å²) in [7, 11) is 2.74. The first-order chi connectivity index (χ1) is 12.6. The number of oxime groups is 1. The molecule has 1 fully saturated rings. The Hall–Kier alpha value is -3.22. The molecule has 1 aliphatic rings. The predicted molar refractivity (Wildman–Crippen MR) is 95.6 cm³/mol. The number of hydrogen-bond acceptors (Lipinski definition) is 6. The standard InChI is InChI=1S/C19H19N3O4/c1-25-19(24)17-11-15(21-26-2)12-22(17)18(23)14-8-6-13(7-9-14)16-5-3-4-10-20-16/h3-10,17H,11-12H2,1-2H3/b21-15+/t17-/m0/s1. The van der Waals surface area contributed by atoms with E-state index in [-0.39, 0.29) is 12.5 Å². The summed E-state index contributed by atoms with van der Waals surface area (Å²) in [5, 5.41) is 3.88. The zero-order valence-corrected chi connectivity index (χ0v) is 14.6. The number of esters is 1. The van der Waals surface area contributed by atoms with E-state index in [0.717, 1.165) is 11.3 Å². The lowest BCUT2D eigenvalue weighted by Gasteiger charge is -2.22. The summed E-state index contributed by atoms with van der Waals surface area (Å²) in [6, 6.07) is 12.1. The third-order valence-corrected chi connectivity index (χ3v) is 4.21. The fraction of sp³-hybridized carbons (Fsp3) is 0.263. The SMILES string of the molecule is CO/N=C1\C[C@@H](C(=O)OC)N(C(=O)c2ccc(-c3ccccn3)cc2)C1. The molecule has 0 aliphatic carbocycles. The molecular weight excluding hydrogens is 334 g/mol. The van der Waals surface area contributed by atoms with Gasteiger partial charge in [-0.2, -0.15) is 0 Å². The fourth-order valence-electron chi connectivity index (χ4n) is 2.94. The molecule has 0 radical (unpaired) electrons. The van der Waals surface area contributed by atoms with E-state index in [1.54, 1.807) is 18.3 Å². The minimum atomic E-state index is -0.697. The number of likely N-dealkylation sites (tertiary alicyclic amines) is 1. The van der Waals surface area contributed by atoms with Gasteiger partial charge >= 0.3 is 5.97 Å². The molecule has 1 aromatic carbocycles. The maximum atomic E-state index is 12.9. The molecule has 0 saturated carbocycles. The molecule has 26 heavy (non-hydrogen) atoms. The Morgan fingerprint density at radius 3 is 2.54 bits per heavy atom. The molecule has 3 rings (SSSR count). The highest BCUT2D eigenvalue weighted by atomic mass is 16.6. The van der Waals surface area contributed by atoms with Gasteiger partial charge in [0.1, 0.15) is 13.2 Å². The third-order valence-electron chi connectivity index (χ3n) is 4.21. The van der Waals surface area contributed by atoms with Crippen LogP contribution in [-0.2, 0) is 14.4 Å². The average molecular weight is 353 g/mol. The monoisotopic (exact) mass is 353 g/mol. The second-order valence-corrected chi connectivity index (χ2v) is 5.81. The highest BCUT2D eigenvalue weighted by Gasteiger charge is 2.39. The molecule has 1 aliphatic heterocycles. The van der Waals surface area contributed by atoms with E-state index < -0.39 is 12.0 Å². The molecule has 7 heteroatoms. The van der Waals surface area contributed by atoms with Crippen LogP contribution >= 0.6 is 0 Å². The van der Waals surface area contributed by atoms with Crippen molar-refractivity contribution in [3.63, 3.8) is 0 Å². The molecule has 2 heterocycles. The van der Waals surface area contributed by atoms with Crippen molar-refractivity contribution in [2.45, 2.75) is 12.5 Å². The first-order valence-electron chi connectivity index (χ1n) is 8.13. The van der Waals surface area contributed by atoms with Crippen molar-refractivity contribution in [2.75, 3.05) is 20.8 Å². The molecule has 1 saturated heterocycles. The molecule has 7 nitrogen and oxygen atoms in total. The molecule has 0 spiro atoms. The molecule has 1 atom stereocenters. The van der Waals surface area contributed by atoms with Crippen molar-refractivity contribution >= 4 is 17.6 Å². The van der Waals surface area contributed by atoms with Gasteiger partial charge in [-0.25, -0.2) is 4.79 Å². The van der Waals surface area contributed by atoms with Crippen LogP contribution in [0.5, 0.6) is 0 Å². The van der Waals surface area contributed by atoms with Crippen LogP contribution < -0.4 is 0 Å². The van der Waals surface area contributed by atoms with E-state index in [2.05, 4.69) is 10.1 Å². The lowest BCUT2D eigenvalue weighted by Crippen LogP contribution is -2.41. The van der Waals surface area contributed by atoms with Crippen molar-refractivity contribution in [1.82, 2.24) is 9.88 Å². The first kappa shape index (κ1) is 17.6. The molecule has 0 N–H and O–H groups in total. The summed E-state index contributed by atoms with van der Waals surface area (Å²) in [6.07, 6.45) is 2.02. The molecule has 1 aromatic heterocycles. The van der Waals surface area contributed by atoms with Crippen molar-refractivity contribution < 1.29 is 19.2 Å². The second kappa shape index (κ2) is 7.77. The molecule has 1 amide bonds. The number of methoxy groups -OCH3 is 1. The summed E-state index contributed by atoms with van der Waals surface area (Å²) in [6.45, 7) is 0.231. The third kappa shape index (κ3) is 3.56. The molecule has 134 valence electrons. The number of pyridine rings is 1. The van der Waals surface area contributed by atoms with Gasteiger partial charge in [-0.15, -0.1) is 0 Å². The fourth-order valence-corrected chi connectivity index (χ4v) is 2.94. The number of amides is 1. The van der Waals surface area contributed by atoms with Crippen LogP contribution in [0.1, 0.15) is 16.8 Å². The Kier molecular flexibility index (Phi) is 5.26. The quantitative estimate of drug-likeness (QED) is 0.621. The number of aromatic nitrogens is 1. The topological polar surface area (TPSA) is 81.1 Å². The van der Waals surface area contributed by atoms with Crippen molar-refractivity contribution in [2.24, 2.45) is 5.16 Å². The first-order valence-corrected chi connectivity index (χ1v) is 8.13. The Bertz CT molecular complexity index is 818. The van der Waals surface area contributed by atoms with Crippen molar-refractivity contribution in [1.29, 1.82) is 0 Å². The van der Waals surface area contributed by atoms with Gasteiger partial charge in [0, 0.05) is 23.7 Å². The van der Waals surface area contributed by atoms with Crippen LogP contribution in [0.4, 0.5) is 0 Å². The maximum absolute atomic E-state index is 12.9. The molecular formula is C19H19N3O4. The number of benzene rings is 1. The Balaban J connectivity index is 1.83. The number of carbonyl (C=O) groups excluding carboxylic acids is 2. The zero-order chi connectivity index (χ0) is 18.5. The highest BCUT2D eigenvalue weighted by Crippen LogP contribution is 2.22. The predicted octanol–water partition coefficient (Wildman–Crippen LogP) is 2.14. The van der Waals surface area contributed by atoms with Crippen molar-refractivity contribution in [3.8, 4) is 11.3 Å². The van der Waals surface area contributed by atoms with Crippen LogP contribution in [0.25, 0.3) is 11.3 Å². The highest BCUT2D eigenvalue weighted by molar-refractivity contribution is 6.04. The smallest absolute Gasteiger partial charge is 0.329 e. The summed E-state index contributed by atoms with van der Waals surface area (Å²) in [5.74, 6) is -0.723. The molecule has 0 unspecified atom stereocenters. The summed E-state index contributed by atoms with van der Waals surface area (Å²) >= 11 is 0. The van der Waals surface area contributed by atoms with Gasteiger partial charge < -0.3 is 14.5 Å². The summed E-state index contributed by atoms with van der Waals surface area (Å²) in [4.78, 5) is 35.4. The Morgan fingerprint density at radius 1 is 1.15 bits per heavy atom. The molecule has 0 bridgehead atoms. The minimum Gasteiger partial charge on any atom is -0.467 e. The van der Waals surface area contributed by atoms with Gasteiger partial charge in [0.15, 0.2) is 0 Å². The average Bonchev–Trinajstić information content (AvgIpc) is 3.12. The maximum Gasteiger partial charge on any atom is 0.329 e. The lowest BCUT2D eigenvalue weighted by molar-refractivity contribution is -0.145. The van der Waals surface area contributed by atoms with Crippen LogP contribution in [0, 0.1) is 0 Å². The number of nitrogens with zero attached hydrogens (tertiary/aromatic N) is 3. The Labute approximate surface area is 151 Å². The van der Waals surface area contributed by atoms with Gasteiger partial charge in [0.2, 0.25) is 0 Å². The largest absolute Gasteiger partial charge is 0.467 e. The number of rotatable bonds is 4. The second-order valence-electron chi connectivity index (χ2n) is 5.81. The van der Waals surface area contributed by atoms with E-state index in [0.29, 0.717) is 17.7 Å². The van der Waals surface area contributed by atoms with E-state index in [4.69, 9.17) is 9.57 Å². The van der Waals surface area contributed by atoms with E-state index >= 15 is 0 Å². The van der Waals surface area contributed by atoms with Gasteiger partial charge in [0.25, 0.3) is 5.91 Å². The van der Waals surface area contributed by atoms with Gasteiger partial charge in [0.05, 0.1) is 25.1 Å². The normalized spacial score (nSPS) is 18.0. The lowest BCUT2D eigenvalue weighted by atomic mass is 10.1.